The van der Waals surface area contributed by atoms with Gasteiger partial charge in [0, 0.05) is 27.2 Å². The summed E-state index contributed by atoms with van der Waals surface area (Å²) in [5.41, 5.74) is 2.92. The van der Waals surface area contributed by atoms with Crippen molar-refractivity contribution in [1.82, 2.24) is 9.73 Å². The molecule has 0 aromatic heterocycles. The van der Waals surface area contributed by atoms with Gasteiger partial charge < -0.3 is 5.11 Å². The third-order valence-corrected chi connectivity index (χ3v) is 7.36. The molecule has 12 heteroatoms. The number of carboxylic acids is 1. The molecule has 0 unspecified atom stereocenters. The summed E-state index contributed by atoms with van der Waals surface area (Å²) < 4.78 is 27.5. The Morgan fingerprint density at radius 3 is 2.29 bits per heavy atom. The maximum atomic E-state index is 13.3. The first-order valence-corrected chi connectivity index (χ1v) is 12.5. The first kappa shape index (κ1) is 26.7. The number of hydrogen-bond acceptors (Lipinski definition) is 5. The average molecular weight is 555 g/mol. The summed E-state index contributed by atoms with van der Waals surface area (Å²) in [7, 11) is -4.14. The SMILES string of the molecule is O=C(CN(Cc1ccc(Cl)cc1Cl)S(=O)(=O)c1ccc(Cl)cc1)N/N=C\c1ccccc1C(=O)O. The Labute approximate surface area is 216 Å². The summed E-state index contributed by atoms with van der Waals surface area (Å²) in [4.78, 5) is 23.8. The second-order valence-electron chi connectivity index (χ2n) is 7.15. The molecule has 0 bridgehead atoms. The molecule has 0 radical (unpaired) electrons. The number of aromatic carboxylic acids is 1. The second kappa shape index (κ2) is 11.7. The number of nitrogens with zero attached hydrogens (tertiary/aromatic N) is 2. The van der Waals surface area contributed by atoms with Crippen LogP contribution in [0.15, 0.2) is 76.7 Å². The van der Waals surface area contributed by atoms with Gasteiger partial charge in [0.25, 0.3) is 5.91 Å². The summed E-state index contributed by atoms with van der Waals surface area (Å²) in [5.74, 6) is -1.91. The van der Waals surface area contributed by atoms with E-state index in [1.54, 1.807) is 24.3 Å². The topological polar surface area (TPSA) is 116 Å². The molecule has 0 fully saturated rings. The minimum absolute atomic E-state index is 0.00479. The molecule has 0 atom stereocenters. The fourth-order valence-corrected chi connectivity index (χ4v) is 4.96. The smallest absolute Gasteiger partial charge is 0.336 e. The Hall–Kier alpha value is -2.95. The van der Waals surface area contributed by atoms with Crippen molar-refractivity contribution < 1.29 is 23.1 Å². The van der Waals surface area contributed by atoms with E-state index >= 15 is 0 Å². The number of halogens is 3. The molecule has 0 heterocycles. The largest absolute Gasteiger partial charge is 0.478 e. The van der Waals surface area contributed by atoms with E-state index in [1.807, 2.05) is 0 Å². The molecule has 0 spiro atoms. The van der Waals surface area contributed by atoms with Crippen molar-refractivity contribution in [2.24, 2.45) is 5.10 Å². The van der Waals surface area contributed by atoms with E-state index in [2.05, 4.69) is 10.5 Å². The van der Waals surface area contributed by atoms with Gasteiger partial charge in [-0.3, -0.25) is 4.79 Å². The molecule has 3 aromatic carbocycles. The van der Waals surface area contributed by atoms with Crippen molar-refractivity contribution in [3.63, 3.8) is 0 Å². The van der Waals surface area contributed by atoms with Crippen molar-refractivity contribution >= 4 is 62.9 Å². The van der Waals surface area contributed by atoms with Crippen LogP contribution in [0.1, 0.15) is 21.5 Å². The number of sulfonamides is 1. The van der Waals surface area contributed by atoms with Gasteiger partial charge in [0.15, 0.2) is 0 Å². The predicted octanol–water partition coefficient (Wildman–Crippen LogP) is 4.69. The highest BCUT2D eigenvalue weighted by atomic mass is 35.5. The highest BCUT2D eigenvalue weighted by Crippen LogP contribution is 2.25. The highest BCUT2D eigenvalue weighted by Gasteiger charge is 2.27. The Kier molecular flexibility index (Phi) is 8.87. The quantitative estimate of drug-likeness (QED) is 0.294. The van der Waals surface area contributed by atoms with Gasteiger partial charge in [0.2, 0.25) is 10.0 Å². The maximum absolute atomic E-state index is 13.3. The highest BCUT2D eigenvalue weighted by molar-refractivity contribution is 7.89. The molecular formula is C23H18Cl3N3O5S. The van der Waals surface area contributed by atoms with Crippen molar-refractivity contribution in [1.29, 1.82) is 0 Å². The zero-order valence-electron chi connectivity index (χ0n) is 17.9. The maximum Gasteiger partial charge on any atom is 0.336 e. The fourth-order valence-electron chi connectivity index (χ4n) is 3.00. The zero-order valence-corrected chi connectivity index (χ0v) is 20.9. The van der Waals surface area contributed by atoms with Gasteiger partial charge in [-0.25, -0.2) is 18.6 Å². The van der Waals surface area contributed by atoms with E-state index in [0.29, 0.717) is 15.6 Å². The van der Waals surface area contributed by atoms with Crippen LogP contribution in [0.4, 0.5) is 0 Å². The molecule has 3 rings (SSSR count). The number of nitrogens with one attached hydrogen (secondary N) is 1. The molecular weight excluding hydrogens is 537 g/mol. The van der Waals surface area contributed by atoms with Gasteiger partial charge in [-0.1, -0.05) is 59.1 Å². The summed E-state index contributed by atoms with van der Waals surface area (Å²) in [6, 6.07) is 16.2. The second-order valence-corrected chi connectivity index (χ2v) is 10.4. The van der Waals surface area contributed by atoms with Gasteiger partial charge in [-0.2, -0.15) is 9.41 Å². The first-order valence-electron chi connectivity index (χ1n) is 9.92. The van der Waals surface area contributed by atoms with Crippen molar-refractivity contribution in [2.45, 2.75) is 11.4 Å². The number of rotatable bonds is 9. The lowest BCUT2D eigenvalue weighted by Gasteiger charge is -2.22. The number of carbonyl (C=O) groups excluding carboxylic acids is 1. The van der Waals surface area contributed by atoms with Crippen molar-refractivity contribution in [2.75, 3.05) is 6.54 Å². The summed E-state index contributed by atoms with van der Waals surface area (Å²) in [5, 5.41) is 14.0. The van der Waals surface area contributed by atoms with Crippen LogP contribution < -0.4 is 5.43 Å². The zero-order chi connectivity index (χ0) is 25.6. The third-order valence-electron chi connectivity index (χ3n) is 4.72. The summed E-state index contributed by atoms with van der Waals surface area (Å²) in [6.07, 6.45) is 1.16. The minimum Gasteiger partial charge on any atom is -0.478 e. The standard InChI is InChI=1S/C23H18Cl3N3O5S/c24-17-7-9-19(10-8-17)35(33,34)29(13-16-5-6-18(25)11-21(16)26)14-22(30)28-27-12-15-3-1-2-4-20(15)23(31)32/h1-12H,13-14H2,(H,28,30)(H,31,32)/b27-12-. The molecule has 0 aliphatic heterocycles. The molecule has 0 aliphatic carbocycles. The van der Waals surface area contributed by atoms with Crippen LogP contribution in [0.5, 0.6) is 0 Å². The number of hydrazone groups is 1. The third kappa shape index (κ3) is 7.03. The Morgan fingerprint density at radius 2 is 1.63 bits per heavy atom. The minimum atomic E-state index is -4.14. The molecule has 0 saturated heterocycles. The molecule has 0 saturated carbocycles. The van der Waals surface area contributed by atoms with E-state index in [4.69, 9.17) is 34.8 Å². The van der Waals surface area contributed by atoms with Crippen LogP contribution >= 0.6 is 34.8 Å². The number of carbonyl (C=O) groups is 2. The van der Waals surface area contributed by atoms with Gasteiger partial charge in [0.1, 0.15) is 0 Å². The molecule has 2 N–H and O–H groups in total. The Balaban J connectivity index is 1.84. The number of benzene rings is 3. The lowest BCUT2D eigenvalue weighted by Crippen LogP contribution is -2.39. The molecule has 8 nitrogen and oxygen atoms in total. The molecule has 182 valence electrons. The van der Waals surface area contributed by atoms with E-state index in [1.165, 1.54) is 42.5 Å². The molecule has 35 heavy (non-hydrogen) atoms. The van der Waals surface area contributed by atoms with Crippen molar-refractivity contribution in [3.8, 4) is 0 Å². The first-order chi connectivity index (χ1) is 16.6. The van der Waals surface area contributed by atoms with E-state index in [-0.39, 0.29) is 27.6 Å². The van der Waals surface area contributed by atoms with Crippen molar-refractivity contribution in [3.05, 3.63) is 98.5 Å². The van der Waals surface area contributed by atoms with Crippen LogP contribution in [0.2, 0.25) is 15.1 Å². The van der Waals surface area contributed by atoms with Crippen LogP contribution in [0.25, 0.3) is 0 Å². The Bertz CT molecular complexity index is 1380. The predicted molar refractivity (Wildman–Crippen MR) is 135 cm³/mol. The summed E-state index contributed by atoms with van der Waals surface area (Å²) >= 11 is 18.0. The van der Waals surface area contributed by atoms with Crippen LogP contribution in [0, 0.1) is 0 Å². The number of hydrogen-bond donors (Lipinski definition) is 2. The molecule has 0 aliphatic rings. The van der Waals surface area contributed by atoms with Gasteiger partial charge in [-0.15, -0.1) is 0 Å². The van der Waals surface area contributed by atoms with Crippen LogP contribution in [0.3, 0.4) is 0 Å². The lowest BCUT2D eigenvalue weighted by molar-refractivity contribution is -0.121. The monoisotopic (exact) mass is 553 g/mol. The Morgan fingerprint density at radius 1 is 0.971 bits per heavy atom. The normalized spacial score (nSPS) is 11.7. The van der Waals surface area contributed by atoms with E-state index in [9.17, 15) is 23.1 Å². The number of carboxylic acid groups (broad SMARTS) is 1. The molecule has 3 aromatic rings. The van der Waals surface area contributed by atoms with Crippen LogP contribution in [-0.4, -0.2) is 42.5 Å². The lowest BCUT2D eigenvalue weighted by atomic mass is 10.1. The van der Waals surface area contributed by atoms with E-state index in [0.717, 1.165) is 10.5 Å². The van der Waals surface area contributed by atoms with E-state index < -0.39 is 28.4 Å². The van der Waals surface area contributed by atoms with Gasteiger partial charge in [-0.05, 0) is 48.0 Å². The fraction of sp³-hybridized carbons (Fsp3) is 0.0870. The van der Waals surface area contributed by atoms with Gasteiger partial charge in [0.05, 0.1) is 23.2 Å². The molecule has 1 amide bonds. The number of amides is 1. The summed E-state index contributed by atoms with van der Waals surface area (Å²) in [6.45, 7) is -0.818. The van der Waals surface area contributed by atoms with Crippen LogP contribution in [-0.2, 0) is 21.4 Å². The van der Waals surface area contributed by atoms with Gasteiger partial charge >= 0.3 is 5.97 Å². The average Bonchev–Trinajstić information content (AvgIpc) is 2.80.